The van der Waals surface area contributed by atoms with Crippen molar-refractivity contribution in [3.05, 3.63) is 48.7 Å². The molecule has 0 atom stereocenters. The SMILES string of the molecule is CN(C)C(=O)c1ccc(-c2cc(-c3nn(COCC[Si](C)(C)C)c4ncncc34)cnc2[As])nc1. The molecule has 0 aliphatic carbocycles. The Bertz CT molecular complexity index is 1350. The molecule has 0 aromatic carbocycles. The fraction of sp³-hybridized carbons (Fsp3) is 0.333. The van der Waals surface area contributed by atoms with E-state index in [2.05, 4.69) is 56.4 Å². The van der Waals surface area contributed by atoms with Crippen molar-refractivity contribution >= 4 is 46.3 Å². The van der Waals surface area contributed by atoms with Crippen LogP contribution in [0.15, 0.2) is 43.1 Å². The van der Waals surface area contributed by atoms with E-state index in [1.54, 1.807) is 43.4 Å². The molecular formula is C24H28AsN7O2Si. The van der Waals surface area contributed by atoms with Gasteiger partial charge in [-0.2, -0.15) is 0 Å². The van der Waals surface area contributed by atoms with E-state index >= 15 is 0 Å². The van der Waals surface area contributed by atoms with Crippen molar-refractivity contribution in [3.8, 4) is 22.5 Å². The zero-order valence-electron chi connectivity index (χ0n) is 20.6. The molecule has 0 aliphatic heterocycles. The Hall–Kier alpha value is -2.94. The molecule has 2 radical (unpaired) electrons. The van der Waals surface area contributed by atoms with Crippen molar-refractivity contribution in [2.75, 3.05) is 20.7 Å². The van der Waals surface area contributed by atoms with Gasteiger partial charge in [0.25, 0.3) is 0 Å². The van der Waals surface area contributed by atoms with Gasteiger partial charge >= 0.3 is 195 Å². The average molecular weight is 550 g/mol. The number of rotatable bonds is 8. The van der Waals surface area contributed by atoms with Gasteiger partial charge < -0.3 is 0 Å². The molecule has 1 amide bonds. The predicted molar refractivity (Wildman–Crippen MR) is 139 cm³/mol. The van der Waals surface area contributed by atoms with Crippen molar-refractivity contribution in [2.45, 2.75) is 32.4 Å². The second-order valence-corrected chi connectivity index (χ2v) is 16.2. The normalized spacial score (nSPS) is 11.7. The molecule has 0 saturated heterocycles. The van der Waals surface area contributed by atoms with E-state index in [4.69, 9.17) is 9.84 Å². The van der Waals surface area contributed by atoms with Gasteiger partial charge in [0.05, 0.1) is 0 Å². The fourth-order valence-electron chi connectivity index (χ4n) is 3.46. The zero-order valence-corrected chi connectivity index (χ0v) is 23.4. The topological polar surface area (TPSA) is 98.9 Å². The van der Waals surface area contributed by atoms with Gasteiger partial charge in [-0.1, -0.05) is 19.6 Å². The molecule has 0 N–H and O–H groups in total. The van der Waals surface area contributed by atoms with Gasteiger partial charge in [-0.25, -0.2) is 0 Å². The molecule has 180 valence electrons. The summed E-state index contributed by atoms with van der Waals surface area (Å²) in [7, 11) is 2.26. The van der Waals surface area contributed by atoms with E-state index in [1.165, 1.54) is 11.2 Å². The molecule has 4 aromatic rings. The molecule has 11 heteroatoms. The third kappa shape index (κ3) is 5.83. The fourth-order valence-corrected chi connectivity index (χ4v) is 4.72. The minimum absolute atomic E-state index is 0.0903. The van der Waals surface area contributed by atoms with Crippen LogP contribution in [0.5, 0.6) is 0 Å². The van der Waals surface area contributed by atoms with Gasteiger partial charge in [-0.3, -0.25) is 0 Å². The van der Waals surface area contributed by atoms with E-state index in [0.29, 0.717) is 24.5 Å². The molecule has 4 rings (SSSR count). The minimum atomic E-state index is -1.17. The van der Waals surface area contributed by atoms with Crippen molar-refractivity contribution in [1.29, 1.82) is 0 Å². The third-order valence-electron chi connectivity index (χ3n) is 5.45. The van der Waals surface area contributed by atoms with Gasteiger partial charge in [0, 0.05) is 0 Å². The van der Waals surface area contributed by atoms with Crippen LogP contribution in [0.4, 0.5) is 0 Å². The van der Waals surface area contributed by atoms with Gasteiger partial charge in [0.2, 0.25) is 0 Å². The van der Waals surface area contributed by atoms with Gasteiger partial charge in [0.1, 0.15) is 0 Å². The molecule has 0 bridgehead atoms. The molecular weight excluding hydrogens is 521 g/mol. The van der Waals surface area contributed by atoms with Crippen molar-refractivity contribution < 1.29 is 9.53 Å². The van der Waals surface area contributed by atoms with E-state index in [-0.39, 0.29) is 5.91 Å². The van der Waals surface area contributed by atoms with Crippen LogP contribution >= 0.6 is 0 Å². The predicted octanol–water partition coefficient (Wildman–Crippen LogP) is 2.76. The first-order valence-electron chi connectivity index (χ1n) is 11.3. The summed E-state index contributed by atoms with van der Waals surface area (Å²) < 4.78 is 8.47. The molecule has 0 spiro atoms. The number of nitrogens with zero attached hydrogens (tertiary/aromatic N) is 7. The Morgan fingerprint density at radius 2 is 1.91 bits per heavy atom. The van der Waals surface area contributed by atoms with E-state index in [9.17, 15) is 4.79 Å². The average Bonchev–Trinajstić information content (AvgIpc) is 3.20. The zero-order chi connectivity index (χ0) is 25.2. The number of ether oxygens (including phenoxy) is 1. The first-order valence-corrected chi connectivity index (χ1v) is 15.9. The van der Waals surface area contributed by atoms with E-state index < -0.39 is 8.07 Å². The van der Waals surface area contributed by atoms with E-state index in [0.717, 1.165) is 38.4 Å². The second-order valence-electron chi connectivity index (χ2n) is 9.68. The number of carbonyl (C=O) groups excluding carboxylic acids is 1. The number of fused-ring (bicyclic) bond motifs is 1. The van der Waals surface area contributed by atoms with Crippen LogP contribution in [-0.4, -0.2) is 86.2 Å². The molecule has 4 heterocycles. The van der Waals surface area contributed by atoms with Crippen LogP contribution in [0.3, 0.4) is 0 Å². The number of hydrogen-bond donors (Lipinski definition) is 0. The number of carbonyl (C=O) groups is 1. The van der Waals surface area contributed by atoms with Gasteiger partial charge in [0.15, 0.2) is 0 Å². The maximum atomic E-state index is 12.2. The Labute approximate surface area is 214 Å². The molecule has 4 aromatic heterocycles. The summed E-state index contributed by atoms with van der Waals surface area (Å²) in [6.07, 6.45) is 6.65. The first kappa shape index (κ1) is 25.2. The van der Waals surface area contributed by atoms with Crippen LogP contribution in [0.2, 0.25) is 25.7 Å². The Morgan fingerprint density at radius 3 is 2.60 bits per heavy atom. The van der Waals surface area contributed by atoms with Crippen LogP contribution < -0.4 is 4.48 Å². The van der Waals surface area contributed by atoms with Gasteiger partial charge in [-0.05, 0) is 0 Å². The van der Waals surface area contributed by atoms with E-state index in [1.807, 2.05) is 12.1 Å². The second kappa shape index (κ2) is 10.4. The molecule has 0 saturated carbocycles. The third-order valence-corrected chi connectivity index (χ3v) is 7.91. The van der Waals surface area contributed by atoms with Crippen molar-refractivity contribution in [2.24, 2.45) is 0 Å². The molecule has 9 nitrogen and oxygen atoms in total. The Morgan fingerprint density at radius 1 is 1.11 bits per heavy atom. The summed E-state index contributed by atoms with van der Waals surface area (Å²) in [5.74, 6) is -0.0903. The standard InChI is InChI=1S/C24H28AsN7O2Si/c1-31(2)24(33)16-6-7-20(27-11-16)18-10-17(12-28-22(18)25)21-19-13-26-14-29-23(19)32(30-21)15-34-8-9-35(3,4)5/h6-7,10-14H,8-9,15H2,1-5H3. The summed E-state index contributed by atoms with van der Waals surface area (Å²) in [5.41, 5.74) is 4.37. The molecule has 0 unspecified atom stereocenters. The number of pyridine rings is 2. The van der Waals surface area contributed by atoms with Crippen LogP contribution in [0.25, 0.3) is 33.5 Å². The van der Waals surface area contributed by atoms with Crippen LogP contribution in [-0.2, 0) is 11.5 Å². The first-order chi connectivity index (χ1) is 16.6. The summed E-state index contributed by atoms with van der Waals surface area (Å²) in [6.45, 7) is 8.00. The summed E-state index contributed by atoms with van der Waals surface area (Å²) in [4.78, 5) is 31.5. The van der Waals surface area contributed by atoms with Crippen LogP contribution in [0, 0.1) is 0 Å². The molecule has 35 heavy (non-hydrogen) atoms. The number of amides is 1. The van der Waals surface area contributed by atoms with Crippen molar-refractivity contribution in [3.63, 3.8) is 0 Å². The Balaban J connectivity index is 1.66. The number of hydrogen-bond acceptors (Lipinski definition) is 7. The summed E-state index contributed by atoms with van der Waals surface area (Å²) in [6, 6.07) is 6.70. The van der Waals surface area contributed by atoms with Gasteiger partial charge in [-0.15, -0.1) is 0 Å². The molecule has 0 fully saturated rings. The summed E-state index contributed by atoms with van der Waals surface area (Å²) in [5, 5.41) is 5.63. The summed E-state index contributed by atoms with van der Waals surface area (Å²) >= 11 is 2.47. The monoisotopic (exact) mass is 549 g/mol. The number of aromatic nitrogens is 6. The molecule has 0 aliphatic rings. The quantitative estimate of drug-likeness (QED) is 0.246. The van der Waals surface area contributed by atoms with Crippen LogP contribution in [0.1, 0.15) is 10.4 Å². The van der Waals surface area contributed by atoms with Crippen molar-refractivity contribution in [1.82, 2.24) is 34.6 Å². The maximum absolute atomic E-state index is 12.2. The Kier molecular flexibility index (Phi) is 7.44.